The number of Topliss-reactive ketones (excluding diaryl/α,β-unsaturated/α-hetero) is 1. The topological polar surface area (TPSA) is 79.7 Å². The molecule has 38 heavy (non-hydrogen) atoms. The Morgan fingerprint density at radius 2 is 1.87 bits per heavy atom. The number of amides is 1. The van der Waals surface area contributed by atoms with Crippen LogP contribution in [0.15, 0.2) is 66.2 Å². The van der Waals surface area contributed by atoms with E-state index >= 15 is 0 Å². The summed E-state index contributed by atoms with van der Waals surface area (Å²) in [4.78, 5) is 33.3. The molecule has 0 radical (unpaired) electrons. The maximum atomic E-state index is 13.5. The van der Waals surface area contributed by atoms with E-state index in [1.165, 1.54) is 16.2 Å². The van der Waals surface area contributed by atoms with E-state index in [0.29, 0.717) is 28.6 Å². The SMILES string of the molecule is CCCCOc1cccc(C(O)=C2C(=O)C(=O)N(c3nc4c(C)cc(C)cc4s3)C2c2ccc(I)cc2)c1. The number of carbonyl (C=O) groups excluding carboxylic acids is 2. The number of unbranched alkanes of at least 4 members (excludes halogenated alkanes) is 1. The molecule has 1 aliphatic rings. The zero-order valence-corrected chi connectivity index (χ0v) is 24.3. The third kappa shape index (κ3) is 4.94. The number of ketones is 1. The number of aliphatic hydroxyl groups is 1. The van der Waals surface area contributed by atoms with Crippen LogP contribution in [0, 0.1) is 17.4 Å². The van der Waals surface area contributed by atoms with Gasteiger partial charge >= 0.3 is 5.91 Å². The number of halogens is 1. The molecule has 0 bridgehead atoms. The average molecular weight is 639 g/mol. The van der Waals surface area contributed by atoms with Crippen molar-refractivity contribution in [3.05, 3.63) is 92.1 Å². The van der Waals surface area contributed by atoms with Gasteiger partial charge in [-0.2, -0.15) is 0 Å². The van der Waals surface area contributed by atoms with Crippen LogP contribution in [0.3, 0.4) is 0 Å². The first-order valence-electron chi connectivity index (χ1n) is 12.5. The van der Waals surface area contributed by atoms with Crippen molar-refractivity contribution in [2.45, 2.75) is 39.7 Å². The lowest BCUT2D eigenvalue weighted by Gasteiger charge is -2.23. The predicted molar refractivity (Wildman–Crippen MR) is 160 cm³/mol. The van der Waals surface area contributed by atoms with E-state index in [-0.39, 0.29) is 11.3 Å². The normalized spacial score (nSPS) is 16.9. The summed E-state index contributed by atoms with van der Waals surface area (Å²) in [5, 5.41) is 11.9. The Hall–Kier alpha value is -3.24. The lowest BCUT2D eigenvalue weighted by molar-refractivity contribution is -0.132. The zero-order chi connectivity index (χ0) is 27.0. The van der Waals surface area contributed by atoms with Crippen LogP contribution in [0.1, 0.15) is 48.1 Å². The lowest BCUT2D eigenvalue weighted by Crippen LogP contribution is -2.29. The van der Waals surface area contributed by atoms with Gasteiger partial charge in [-0.05, 0) is 89.9 Å². The Bertz CT molecular complexity index is 1580. The highest BCUT2D eigenvalue weighted by molar-refractivity contribution is 14.1. The van der Waals surface area contributed by atoms with Gasteiger partial charge < -0.3 is 9.84 Å². The highest BCUT2D eigenvalue weighted by atomic mass is 127. The smallest absolute Gasteiger partial charge is 0.301 e. The van der Waals surface area contributed by atoms with E-state index in [1.54, 1.807) is 18.2 Å². The number of rotatable bonds is 7. The molecule has 0 aliphatic carbocycles. The van der Waals surface area contributed by atoms with Crippen molar-refractivity contribution in [1.82, 2.24) is 4.98 Å². The molecule has 5 rings (SSSR count). The first-order valence-corrected chi connectivity index (χ1v) is 14.4. The molecule has 1 amide bonds. The Balaban J connectivity index is 1.66. The second-order valence-corrected chi connectivity index (χ2v) is 11.6. The van der Waals surface area contributed by atoms with E-state index in [4.69, 9.17) is 9.72 Å². The predicted octanol–water partition coefficient (Wildman–Crippen LogP) is 7.32. The molecule has 3 aromatic carbocycles. The van der Waals surface area contributed by atoms with Gasteiger partial charge in [-0.25, -0.2) is 4.98 Å². The van der Waals surface area contributed by atoms with E-state index in [1.807, 2.05) is 56.3 Å². The van der Waals surface area contributed by atoms with Crippen LogP contribution in [0.2, 0.25) is 0 Å². The summed E-state index contributed by atoms with van der Waals surface area (Å²) in [5.74, 6) is -1.09. The molecule has 2 heterocycles. The van der Waals surface area contributed by atoms with Crippen LogP contribution in [0.5, 0.6) is 5.75 Å². The zero-order valence-electron chi connectivity index (χ0n) is 21.3. The van der Waals surface area contributed by atoms with Crippen LogP contribution < -0.4 is 9.64 Å². The first kappa shape index (κ1) is 26.4. The molecule has 0 spiro atoms. The minimum absolute atomic E-state index is 0.0362. The molecule has 1 fully saturated rings. The molecule has 1 aromatic heterocycles. The molecule has 6 nitrogen and oxygen atoms in total. The Morgan fingerprint density at radius 1 is 1.11 bits per heavy atom. The van der Waals surface area contributed by atoms with Gasteiger partial charge in [0.05, 0.1) is 28.4 Å². The second kappa shape index (κ2) is 10.9. The number of fused-ring (bicyclic) bond motifs is 1. The van der Waals surface area contributed by atoms with Gasteiger partial charge in [0.1, 0.15) is 11.5 Å². The summed E-state index contributed by atoms with van der Waals surface area (Å²) in [6.07, 6.45) is 1.92. The van der Waals surface area contributed by atoms with E-state index in [2.05, 4.69) is 29.5 Å². The number of aromatic nitrogens is 1. The van der Waals surface area contributed by atoms with Crippen molar-refractivity contribution >= 4 is 66.7 Å². The minimum atomic E-state index is -0.821. The summed E-state index contributed by atoms with van der Waals surface area (Å²) in [7, 11) is 0. The molecule has 1 aliphatic heterocycles. The number of nitrogens with zero attached hydrogens (tertiary/aromatic N) is 2. The Morgan fingerprint density at radius 3 is 2.61 bits per heavy atom. The fraction of sp³-hybridized carbons (Fsp3) is 0.233. The fourth-order valence-corrected chi connectivity index (χ4v) is 6.20. The van der Waals surface area contributed by atoms with Crippen molar-refractivity contribution in [3.63, 3.8) is 0 Å². The van der Waals surface area contributed by atoms with Gasteiger partial charge in [0.2, 0.25) is 0 Å². The van der Waals surface area contributed by atoms with Crippen molar-refractivity contribution in [1.29, 1.82) is 0 Å². The second-order valence-electron chi connectivity index (χ2n) is 9.38. The number of thiazole rings is 1. The third-order valence-electron chi connectivity index (χ3n) is 6.53. The molecule has 1 saturated heterocycles. The van der Waals surface area contributed by atoms with Crippen LogP contribution in [0.4, 0.5) is 5.13 Å². The maximum absolute atomic E-state index is 13.5. The van der Waals surface area contributed by atoms with Crippen LogP contribution in [-0.2, 0) is 9.59 Å². The molecule has 1 N–H and O–H groups in total. The van der Waals surface area contributed by atoms with Crippen LogP contribution in [0.25, 0.3) is 16.0 Å². The average Bonchev–Trinajstić information content (AvgIpc) is 3.43. The monoisotopic (exact) mass is 638 g/mol. The maximum Gasteiger partial charge on any atom is 0.301 e. The van der Waals surface area contributed by atoms with Crippen molar-refractivity contribution in [2.24, 2.45) is 0 Å². The van der Waals surface area contributed by atoms with Crippen LogP contribution >= 0.6 is 33.9 Å². The summed E-state index contributed by atoms with van der Waals surface area (Å²) in [6.45, 7) is 6.65. The molecule has 8 heteroatoms. The van der Waals surface area contributed by atoms with Crippen LogP contribution in [-0.4, -0.2) is 28.4 Å². The van der Waals surface area contributed by atoms with Gasteiger partial charge in [-0.15, -0.1) is 0 Å². The fourth-order valence-electron chi connectivity index (χ4n) is 4.68. The Kier molecular flexibility index (Phi) is 7.54. The van der Waals surface area contributed by atoms with E-state index in [0.717, 1.165) is 37.8 Å². The summed E-state index contributed by atoms with van der Waals surface area (Å²) in [5.41, 5.74) is 4.08. The van der Waals surface area contributed by atoms with Crippen molar-refractivity contribution < 1.29 is 19.4 Å². The number of hydrogen-bond donors (Lipinski definition) is 1. The third-order valence-corrected chi connectivity index (χ3v) is 8.25. The van der Waals surface area contributed by atoms with E-state index < -0.39 is 17.7 Å². The van der Waals surface area contributed by atoms with Gasteiger partial charge in [-0.1, -0.05) is 55.0 Å². The Labute approximate surface area is 239 Å². The molecule has 1 atom stereocenters. The molecular formula is C30H27IN2O4S. The first-order chi connectivity index (χ1) is 18.3. The van der Waals surface area contributed by atoms with Gasteiger partial charge in [0.25, 0.3) is 5.78 Å². The van der Waals surface area contributed by atoms with Gasteiger partial charge in [0, 0.05) is 9.13 Å². The summed E-state index contributed by atoms with van der Waals surface area (Å²) < 4.78 is 7.77. The molecule has 4 aromatic rings. The molecular weight excluding hydrogens is 611 g/mol. The van der Waals surface area contributed by atoms with Gasteiger partial charge in [0.15, 0.2) is 5.13 Å². The van der Waals surface area contributed by atoms with Crippen molar-refractivity contribution in [3.8, 4) is 5.75 Å². The largest absolute Gasteiger partial charge is 0.507 e. The summed E-state index contributed by atoms with van der Waals surface area (Å²) >= 11 is 3.58. The highest BCUT2D eigenvalue weighted by Crippen LogP contribution is 2.45. The standard InChI is InChI=1S/C30H27IN2O4S/c1-4-5-13-37-22-8-6-7-20(16-22)27(34)24-26(19-9-11-21(31)12-10-19)33(29(36)28(24)35)30-32-25-18(3)14-17(2)15-23(25)38-30/h6-12,14-16,26,34H,4-5,13H2,1-3H3. The molecule has 0 saturated carbocycles. The summed E-state index contributed by atoms with van der Waals surface area (Å²) in [6, 6.07) is 17.9. The highest BCUT2D eigenvalue weighted by Gasteiger charge is 2.48. The molecule has 194 valence electrons. The molecule has 1 unspecified atom stereocenters. The lowest BCUT2D eigenvalue weighted by atomic mass is 9.95. The minimum Gasteiger partial charge on any atom is -0.507 e. The number of ether oxygens (including phenoxy) is 1. The number of carbonyl (C=O) groups is 2. The number of aliphatic hydroxyl groups excluding tert-OH is 1. The number of benzene rings is 3. The number of anilines is 1. The van der Waals surface area contributed by atoms with Crippen molar-refractivity contribution in [2.75, 3.05) is 11.5 Å². The van der Waals surface area contributed by atoms with Gasteiger partial charge in [-0.3, -0.25) is 14.5 Å². The van der Waals surface area contributed by atoms with E-state index in [9.17, 15) is 14.7 Å². The quantitative estimate of drug-likeness (QED) is 0.0755. The number of aryl methyl sites for hydroxylation is 2. The number of hydrogen-bond acceptors (Lipinski definition) is 6.